The van der Waals surface area contributed by atoms with Crippen molar-refractivity contribution in [3.8, 4) is 0 Å². The Morgan fingerprint density at radius 1 is 0.778 bits per heavy atom. The second kappa shape index (κ2) is 15.9. The highest BCUT2D eigenvalue weighted by Gasteiger charge is 2.33. The summed E-state index contributed by atoms with van der Waals surface area (Å²) >= 11 is 5.41. The van der Waals surface area contributed by atoms with E-state index >= 15 is 0 Å². The first-order valence-electron chi connectivity index (χ1n) is 13.7. The van der Waals surface area contributed by atoms with Crippen molar-refractivity contribution in [2.45, 2.75) is 87.5 Å². The predicted octanol–water partition coefficient (Wildman–Crippen LogP) is 4.25. The highest BCUT2D eigenvalue weighted by atomic mass is 35.5. The Morgan fingerprint density at radius 3 is 1.42 bits per heavy atom. The average Bonchev–Trinajstić information content (AvgIpc) is 2.98. The molecule has 0 saturated carbocycles. The van der Waals surface area contributed by atoms with E-state index in [0.29, 0.717) is 30.4 Å². The largest absolute Gasteiger partial charge is 0.370 e. The van der Waals surface area contributed by atoms with Gasteiger partial charge in [0, 0.05) is 17.7 Å². The molecule has 248 valence electrons. The number of guanidine groups is 1. The van der Waals surface area contributed by atoms with Crippen LogP contribution in [0.1, 0.15) is 86.2 Å². The van der Waals surface area contributed by atoms with E-state index in [1.807, 2.05) is 0 Å². The summed E-state index contributed by atoms with van der Waals surface area (Å²) in [5.41, 5.74) is 9.59. The third-order valence-corrected chi connectivity index (χ3v) is 11.9. The minimum Gasteiger partial charge on any atom is -0.370 e. The molecule has 4 N–H and O–H groups in total. The van der Waals surface area contributed by atoms with E-state index in [2.05, 4.69) is 4.99 Å². The monoisotopic (exact) mass is 689 g/mol. The smallest absolute Gasteiger partial charge is 0.288 e. The van der Waals surface area contributed by atoms with Crippen molar-refractivity contribution in [1.82, 2.24) is 0 Å². The molecule has 2 rings (SSSR count). The Hall–Kier alpha value is -3.96. The van der Waals surface area contributed by atoms with Crippen LogP contribution in [-0.2, 0) is 32.5 Å². The maximum Gasteiger partial charge on any atom is 0.288 e. The van der Waals surface area contributed by atoms with E-state index in [4.69, 9.17) is 23.1 Å². The van der Waals surface area contributed by atoms with Crippen LogP contribution >= 0.6 is 11.6 Å². The number of aryl methyl sites for hydroxylation is 2. The molecule has 0 bridgehead atoms. The van der Waals surface area contributed by atoms with Crippen LogP contribution in [0, 0.1) is 20.2 Å². The third-order valence-electron chi connectivity index (χ3n) is 7.02. The first-order valence-corrected chi connectivity index (χ1v) is 17.1. The van der Waals surface area contributed by atoms with E-state index in [9.17, 15) is 46.7 Å². The van der Waals surface area contributed by atoms with Gasteiger partial charge in [-0.3, -0.25) is 29.8 Å². The molecule has 0 aliphatic heterocycles. The van der Waals surface area contributed by atoms with Crippen LogP contribution in [0.15, 0.2) is 39.0 Å². The second-order valence-corrected chi connectivity index (χ2v) is 14.8. The van der Waals surface area contributed by atoms with Crippen LogP contribution in [0.4, 0.5) is 11.4 Å². The lowest BCUT2D eigenvalue weighted by Crippen LogP contribution is -2.24. The van der Waals surface area contributed by atoms with Crippen molar-refractivity contribution in [1.29, 1.82) is 0 Å². The molecule has 0 aliphatic carbocycles. The van der Waals surface area contributed by atoms with Gasteiger partial charge in [0.2, 0.25) is 0 Å². The fraction of sp³-hybridized carbons (Fsp3) is 0.444. The summed E-state index contributed by atoms with van der Waals surface area (Å²) in [6.07, 6.45) is 1.25. The molecule has 2 atom stereocenters. The Kier molecular flexibility index (Phi) is 13.8. The van der Waals surface area contributed by atoms with Gasteiger partial charge in [0.25, 0.3) is 22.5 Å². The number of nitrogens with two attached hydrogens (primary N) is 2. The molecule has 0 saturated heterocycles. The molecule has 2 unspecified atom stereocenters. The number of carbonyl (C=O) groups is 2. The van der Waals surface area contributed by atoms with Gasteiger partial charge in [-0.1, -0.05) is 27.7 Å². The van der Waals surface area contributed by atoms with Gasteiger partial charge in [-0.15, -0.1) is 0 Å². The van der Waals surface area contributed by atoms with Crippen LogP contribution < -0.4 is 11.5 Å². The first kappa shape index (κ1) is 39.1. The van der Waals surface area contributed by atoms with Crippen molar-refractivity contribution in [3.63, 3.8) is 0 Å². The highest BCUT2D eigenvalue weighted by Crippen LogP contribution is 2.33. The number of nitrogens with zero attached hydrogens (tertiary/aromatic N) is 3. The predicted molar refractivity (Wildman–Crippen MR) is 169 cm³/mol. The van der Waals surface area contributed by atoms with Gasteiger partial charge in [0.05, 0.1) is 25.9 Å². The third kappa shape index (κ3) is 9.04. The molecule has 2 aromatic rings. The fourth-order valence-corrected chi connectivity index (χ4v) is 7.36. The standard InChI is InChI=1S/C14H20N4O5S.C13H16ClNO5S/c1-4-8(3)24(22,23)12-6-9(5-2)10(7-11(12)18(20)21)13(19)17-14(15)16;1-4-8(3)21(19,20)12-6-9(5-2)10(13(14)16)7-11(12)15(17)18/h6-8H,4-5H2,1-3H3,(H4,15,16,17,19);6-8H,4-5H2,1-3H3. The van der Waals surface area contributed by atoms with E-state index in [1.165, 1.54) is 19.9 Å². The maximum atomic E-state index is 12.6. The maximum absolute atomic E-state index is 12.6. The molecule has 45 heavy (non-hydrogen) atoms. The Labute approximate surface area is 266 Å². The number of hydrogen-bond acceptors (Lipinski definition) is 10. The Balaban J connectivity index is 0.000000454. The fourth-order valence-electron chi connectivity index (χ4n) is 3.98. The van der Waals surface area contributed by atoms with Gasteiger partial charge in [-0.25, -0.2) is 16.8 Å². The van der Waals surface area contributed by atoms with E-state index in [-0.39, 0.29) is 22.4 Å². The zero-order valence-corrected chi connectivity index (χ0v) is 28.0. The molecule has 0 aliphatic rings. The molecule has 15 nitrogen and oxygen atoms in total. The minimum atomic E-state index is -3.90. The normalized spacial score (nSPS) is 12.7. The highest BCUT2D eigenvalue weighted by molar-refractivity contribution is 7.92. The van der Waals surface area contributed by atoms with Crippen LogP contribution in [0.2, 0.25) is 0 Å². The first-order chi connectivity index (χ1) is 20.7. The van der Waals surface area contributed by atoms with Gasteiger partial charge >= 0.3 is 0 Å². The van der Waals surface area contributed by atoms with Crippen LogP contribution in [-0.4, -0.2) is 54.3 Å². The second-order valence-electron chi connectivity index (χ2n) is 9.82. The number of aliphatic imine (C=N–C) groups is 1. The molecule has 0 spiro atoms. The summed E-state index contributed by atoms with van der Waals surface area (Å²) in [5.74, 6) is -1.34. The van der Waals surface area contributed by atoms with Gasteiger partial charge < -0.3 is 11.5 Å². The average molecular weight is 690 g/mol. The molecule has 0 heterocycles. The van der Waals surface area contributed by atoms with Gasteiger partial charge in [0.1, 0.15) is 9.79 Å². The van der Waals surface area contributed by atoms with Crippen molar-refractivity contribution in [3.05, 3.63) is 66.7 Å². The van der Waals surface area contributed by atoms with E-state index in [1.54, 1.807) is 27.7 Å². The van der Waals surface area contributed by atoms with Crippen LogP contribution in [0.25, 0.3) is 0 Å². The number of nitro groups is 2. The topological polar surface area (TPSA) is 253 Å². The summed E-state index contributed by atoms with van der Waals surface area (Å²) in [5, 5.41) is 20.1. The number of benzene rings is 2. The van der Waals surface area contributed by atoms with Crippen molar-refractivity contribution in [2.24, 2.45) is 16.5 Å². The summed E-state index contributed by atoms with van der Waals surface area (Å²) < 4.78 is 49.9. The molecular formula is C27H36ClN5O10S2. The lowest BCUT2D eigenvalue weighted by molar-refractivity contribution is -0.388. The number of amides is 1. The zero-order valence-electron chi connectivity index (χ0n) is 25.6. The molecule has 18 heteroatoms. The quantitative estimate of drug-likeness (QED) is 0.104. The molecule has 2 aromatic carbocycles. The van der Waals surface area contributed by atoms with Gasteiger partial charge in [-0.2, -0.15) is 4.99 Å². The van der Waals surface area contributed by atoms with Crippen LogP contribution in [0.3, 0.4) is 0 Å². The number of halogens is 1. The van der Waals surface area contributed by atoms with E-state index in [0.717, 1.165) is 18.2 Å². The number of rotatable bonds is 12. The number of sulfone groups is 2. The number of carbonyl (C=O) groups excluding carboxylic acids is 2. The summed E-state index contributed by atoms with van der Waals surface area (Å²) in [6.45, 7) is 9.72. The van der Waals surface area contributed by atoms with Crippen LogP contribution in [0.5, 0.6) is 0 Å². The van der Waals surface area contributed by atoms with Crippen molar-refractivity contribution < 1.29 is 36.3 Å². The molecule has 0 radical (unpaired) electrons. The summed E-state index contributed by atoms with van der Waals surface area (Å²) in [4.78, 5) is 46.8. The lowest BCUT2D eigenvalue weighted by atomic mass is 10.0. The van der Waals surface area contributed by atoms with Crippen molar-refractivity contribution in [2.75, 3.05) is 0 Å². The Morgan fingerprint density at radius 2 is 1.13 bits per heavy atom. The Bertz CT molecular complexity index is 1740. The van der Waals surface area contributed by atoms with Crippen molar-refractivity contribution >= 4 is 59.8 Å². The lowest BCUT2D eigenvalue weighted by Gasteiger charge is -2.13. The summed E-state index contributed by atoms with van der Waals surface area (Å²) in [7, 11) is -7.74. The van der Waals surface area contributed by atoms with Gasteiger partial charge in [0.15, 0.2) is 25.6 Å². The molecular weight excluding hydrogens is 654 g/mol. The SMILES string of the molecule is CCc1cc(S(=O)(=O)C(C)CC)c([N+](=O)[O-])cc1C(=O)Cl.CCc1cc(S(=O)(=O)C(C)CC)c([N+](=O)[O-])cc1C(=O)N=C(N)N. The molecule has 0 fully saturated rings. The zero-order chi connectivity index (χ0) is 35.0. The number of nitro benzene ring substituents is 2. The minimum absolute atomic E-state index is 0.0334. The van der Waals surface area contributed by atoms with E-state index < -0.39 is 73.4 Å². The summed E-state index contributed by atoms with van der Waals surface area (Å²) in [6, 6.07) is 4.22. The number of hydrogen-bond donors (Lipinski definition) is 2. The molecule has 1 amide bonds. The van der Waals surface area contributed by atoms with Gasteiger partial charge in [-0.05, 0) is 74.4 Å². The molecule has 0 aromatic heterocycles.